The van der Waals surface area contributed by atoms with Gasteiger partial charge in [-0.15, -0.1) is 0 Å². The highest BCUT2D eigenvalue weighted by Gasteiger charge is 2.32. The van der Waals surface area contributed by atoms with Gasteiger partial charge >= 0.3 is 12.1 Å². The molecule has 2 heterocycles. The average molecular weight is 635 g/mol. The van der Waals surface area contributed by atoms with Crippen molar-refractivity contribution in [3.63, 3.8) is 0 Å². The second kappa shape index (κ2) is 12.3. The van der Waals surface area contributed by atoms with E-state index in [1.807, 2.05) is 13.1 Å². The first-order valence-electron chi connectivity index (χ1n) is 13.4. The van der Waals surface area contributed by atoms with Gasteiger partial charge in [-0.3, -0.25) is 14.7 Å². The van der Waals surface area contributed by atoms with Crippen LogP contribution in [0.2, 0.25) is 0 Å². The summed E-state index contributed by atoms with van der Waals surface area (Å²) in [7, 11) is 1.95. The molecule has 1 amide bonds. The third-order valence-electron chi connectivity index (χ3n) is 7.16. The van der Waals surface area contributed by atoms with Gasteiger partial charge in [0.15, 0.2) is 11.6 Å². The lowest BCUT2D eigenvalue weighted by atomic mass is 9.85. The summed E-state index contributed by atoms with van der Waals surface area (Å²) < 4.78 is 34.5. The number of hydrogen-bond donors (Lipinski definition) is 1. The molecule has 0 radical (unpaired) electrons. The Balaban J connectivity index is 1.76. The fourth-order valence-electron chi connectivity index (χ4n) is 5.03. The number of ether oxygens (including phenoxy) is 1. The lowest BCUT2D eigenvalue weighted by Crippen LogP contribution is -2.36. The van der Waals surface area contributed by atoms with Gasteiger partial charge in [0.2, 0.25) is 0 Å². The van der Waals surface area contributed by atoms with E-state index < -0.39 is 29.9 Å². The van der Waals surface area contributed by atoms with Gasteiger partial charge in [0.05, 0.1) is 17.1 Å². The summed E-state index contributed by atoms with van der Waals surface area (Å²) in [5.74, 6) is -1.90. The van der Waals surface area contributed by atoms with Gasteiger partial charge in [-0.05, 0) is 89.8 Å². The summed E-state index contributed by atoms with van der Waals surface area (Å²) in [6, 6.07) is 7.10. The van der Waals surface area contributed by atoms with Crippen molar-refractivity contribution in [2.45, 2.75) is 78.0 Å². The minimum absolute atomic E-state index is 0.104. The molecule has 0 saturated heterocycles. The number of anilines is 2. The highest BCUT2D eigenvalue weighted by molar-refractivity contribution is 9.10. The fraction of sp³-hybridized carbons (Fsp3) is 0.483. The zero-order chi connectivity index (χ0) is 30.1. The van der Waals surface area contributed by atoms with Crippen molar-refractivity contribution in [3.05, 3.63) is 51.9 Å². The molecule has 1 aromatic carbocycles. The lowest BCUT2D eigenvalue weighted by molar-refractivity contribution is -0.143. The Morgan fingerprint density at radius 2 is 1.85 bits per heavy atom. The van der Waals surface area contributed by atoms with Crippen molar-refractivity contribution in [2.24, 2.45) is 5.92 Å². The molecule has 0 atom stereocenters. The van der Waals surface area contributed by atoms with Crippen LogP contribution in [0.3, 0.4) is 0 Å². The van der Waals surface area contributed by atoms with Crippen LogP contribution < -0.4 is 4.90 Å². The van der Waals surface area contributed by atoms with E-state index >= 15 is 0 Å². The predicted molar refractivity (Wildman–Crippen MR) is 154 cm³/mol. The number of aromatic nitrogens is 3. The van der Waals surface area contributed by atoms with E-state index in [0.29, 0.717) is 35.1 Å². The zero-order valence-electron chi connectivity index (χ0n) is 23.7. The molecular formula is C29H34BrF2N5O4. The molecule has 0 unspecified atom stereocenters. The molecule has 12 heteroatoms. The quantitative estimate of drug-likeness (QED) is 0.291. The van der Waals surface area contributed by atoms with Crippen molar-refractivity contribution >= 4 is 50.5 Å². The van der Waals surface area contributed by atoms with Crippen molar-refractivity contribution < 1.29 is 28.2 Å². The number of alkyl halides is 2. The Labute approximate surface area is 246 Å². The first-order chi connectivity index (χ1) is 19.2. The van der Waals surface area contributed by atoms with E-state index in [1.165, 1.54) is 4.90 Å². The molecule has 1 N–H and O–H groups in total. The molecule has 0 aliphatic heterocycles. The van der Waals surface area contributed by atoms with Gasteiger partial charge in [0.25, 0.3) is 6.43 Å². The summed E-state index contributed by atoms with van der Waals surface area (Å²) in [5, 5.41) is 9.29. The fourth-order valence-corrected chi connectivity index (χ4v) is 5.38. The molecule has 1 saturated carbocycles. The number of rotatable bonds is 7. The molecule has 1 aliphatic carbocycles. The van der Waals surface area contributed by atoms with Crippen LogP contribution in [0.15, 0.2) is 34.9 Å². The minimum atomic E-state index is -2.99. The van der Waals surface area contributed by atoms with E-state index in [0.717, 1.165) is 18.4 Å². The van der Waals surface area contributed by atoms with Gasteiger partial charge in [0, 0.05) is 23.3 Å². The molecule has 0 spiro atoms. The van der Waals surface area contributed by atoms with Crippen molar-refractivity contribution in [3.8, 4) is 0 Å². The molecular weight excluding hydrogens is 600 g/mol. The number of carboxylic acid groups (broad SMARTS) is 1. The van der Waals surface area contributed by atoms with Crippen LogP contribution in [-0.4, -0.2) is 55.7 Å². The Morgan fingerprint density at radius 1 is 1.17 bits per heavy atom. The van der Waals surface area contributed by atoms with Gasteiger partial charge in [0.1, 0.15) is 11.1 Å². The zero-order valence-corrected chi connectivity index (χ0v) is 25.3. The number of amides is 1. The minimum Gasteiger partial charge on any atom is -0.481 e. The summed E-state index contributed by atoms with van der Waals surface area (Å²) >= 11 is 3.48. The maximum atomic E-state index is 14.1. The SMILES string of the molecule is Cc1c(Br)cccc1N(C(=O)OC(C)(C)C)c1nc(C(F)F)nc2cc(CN(C)C3CCC(C(=O)O)CC3)cnc12. The maximum absolute atomic E-state index is 14.1. The molecule has 9 nitrogen and oxygen atoms in total. The number of pyridine rings is 1. The molecule has 3 aromatic rings. The number of benzene rings is 1. The normalized spacial score (nSPS) is 17.7. The Morgan fingerprint density at radius 3 is 2.46 bits per heavy atom. The molecule has 0 bridgehead atoms. The summed E-state index contributed by atoms with van der Waals surface area (Å²) in [5.41, 5.74) is 1.31. The highest BCUT2D eigenvalue weighted by atomic mass is 79.9. The summed E-state index contributed by atoms with van der Waals surface area (Å²) in [6.07, 6.45) is 0.589. The van der Waals surface area contributed by atoms with Crippen LogP contribution in [-0.2, 0) is 16.1 Å². The molecule has 220 valence electrons. The largest absolute Gasteiger partial charge is 0.481 e. The topological polar surface area (TPSA) is 109 Å². The number of fused-ring (bicyclic) bond motifs is 1. The molecule has 41 heavy (non-hydrogen) atoms. The van der Waals surface area contributed by atoms with Gasteiger partial charge in [-0.1, -0.05) is 22.0 Å². The number of hydrogen-bond acceptors (Lipinski definition) is 7. The highest BCUT2D eigenvalue weighted by Crippen LogP contribution is 2.37. The van der Waals surface area contributed by atoms with Crippen molar-refractivity contribution in [1.29, 1.82) is 0 Å². The Kier molecular flexibility index (Phi) is 9.22. The summed E-state index contributed by atoms with van der Waals surface area (Å²) in [4.78, 5) is 40.9. The number of carbonyl (C=O) groups is 2. The number of halogens is 3. The predicted octanol–water partition coefficient (Wildman–Crippen LogP) is 7.18. The first-order valence-corrected chi connectivity index (χ1v) is 14.2. The van der Waals surface area contributed by atoms with Gasteiger partial charge < -0.3 is 9.84 Å². The van der Waals surface area contributed by atoms with Gasteiger partial charge in [-0.2, -0.15) is 0 Å². The van der Waals surface area contributed by atoms with Crippen LogP contribution in [0.25, 0.3) is 11.0 Å². The first kappa shape index (κ1) is 30.7. The average Bonchev–Trinajstić information content (AvgIpc) is 2.89. The van der Waals surface area contributed by atoms with Crippen molar-refractivity contribution in [1.82, 2.24) is 19.9 Å². The summed E-state index contributed by atoms with van der Waals surface area (Å²) in [6.45, 7) is 7.41. The van der Waals surface area contributed by atoms with Crippen molar-refractivity contribution in [2.75, 3.05) is 11.9 Å². The molecule has 1 aliphatic rings. The lowest BCUT2D eigenvalue weighted by Gasteiger charge is -2.33. The number of carboxylic acids is 1. The maximum Gasteiger partial charge on any atom is 0.420 e. The van der Waals surface area contributed by atoms with E-state index in [9.17, 15) is 23.5 Å². The van der Waals surface area contributed by atoms with Gasteiger partial charge in [-0.25, -0.2) is 28.4 Å². The smallest absolute Gasteiger partial charge is 0.420 e. The van der Waals surface area contributed by atoms with E-state index in [1.54, 1.807) is 52.1 Å². The number of nitrogens with zero attached hydrogens (tertiary/aromatic N) is 5. The Hall–Kier alpha value is -3.25. The monoisotopic (exact) mass is 633 g/mol. The standard InChI is InChI=1S/C29H34BrF2N5O4/c1-16-20(30)7-6-8-22(16)37(28(40)41-29(2,3)4)26-23-21(34-25(35-26)24(31)32)13-17(14-33-23)15-36(5)19-11-9-18(10-12-19)27(38)39/h6-8,13-14,18-19,24H,9-12,15H2,1-5H3,(H,38,39). The molecule has 4 rings (SSSR count). The molecule has 2 aromatic heterocycles. The van der Waals surface area contributed by atoms with Crippen LogP contribution >= 0.6 is 15.9 Å². The van der Waals surface area contributed by atoms with Crippen LogP contribution in [0, 0.1) is 12.8 Å². The second-order valence-electron chi connectivity index (χ2n) is 11.4. The van der Waals surface area contributed by atoms with Crippen LogP contribution in [0.5, 0.6) is 0 Å². The van der Waals surface area contributed by atoms with E-state index in [2.05, 4.69) is 35.8 Å². The van der Waals surface area contributed by atoms with E-state index in [4.69, 9.17) is 4.74 Å². The van der Waals surface area contributed by atoms with E-state index in [-0.39, 0.29) is 28.8 Å². The Bertz CT molecular complexity index is 1440. The number of carbonyl (C=O) groups excluding carboxylic acids is 1. The molecule has 1 fully saturated rings. The third kappa shape index (κ3) is 7.16. The van der Waals surface area contributed by atoms with Crippen LogP contribution in [0.4, 0.5) is 25.1 Å². The number of aliphatic carboxylic acids is 1. The second-order valence-corrected chi connectivity index (χ2v) is 12.2. The van der Waals surface area contributed by atoms with Crippen LogP contribution in [0.1, 0.15) is 69.8 Å². The third-order valence-corrected chi connectivity index (χ3v) is 8.01.